The fraction of sp³-hybridized carbons (Fsp3) is 0.462. The number of amides is 2. The summed E-state index contributed by atoms with van der Waals surface area (Å²) in [6.45, 7) is 2.46. The molecule has 1 rings (SSSR count). The van der Waals surface area contributed by atoms with E-state index in [1.165, 1.54) is 11.0 Å². The zero-order valence-corrected chi connectivity index (χ0v) is 13.0. The standard InChI is InChI=1S/C13H18BrFN2O3/c1-9-10(14)3-4-11(12(9)15)16-13(19)17(2)5-7-20-8-6-18/h3-4,18H,5-8H2,1-2H3,(H,16,19). The Morgan fingerprint density at radius 3 is 2.85 bits per heavy atom. The second-order valence-corrected chi connectivity index (χ2v) is 5.08. The fourth-order valence-corrected chi connectivity index (χ4v) is 1.74. The van der Waals surface area contributed by atoms with Crippen molar-refractivity contribution in [1.29, 1.82) is 0 Å². The highest BCUT2D eigenvalue weighted by Crippen LogP contribution is 2.25. The summed E-state index contributed by atoms with van der Waals surface area (Å²) in [6, 6.07) is 2.76. The molecule has 1 aromatic carbocycles. The molecule has 0 radical (unpaired) electrons. The van der Waals surface area contributed by atoms with Gasteiger partial charge in [-0.25, -0.2) is 9.18 Å². The fourth-order valence-electron chi connectivity index (χ4n) is 1.44. The number of carbonyl (C=O) groups excluding carboxylic acids is 1. The summed E-state index contributed by atoms with van der Waals surface area (Å²) < 4.78 is 19.6. The maximum absolute atomic E-state index is 13.9. The molecule has 0 aliphatic carbocycles. The molecule has 0 aromatic heterocycles. The average Bonchev–Trinajstić information content (AvgIpc) is 2.44. The largest absolute Gasteiger partial charge is 0.394 e. The second kappa shape index (κ2) is 8.18. The van der Waals surface area contributed by atoms with Gasteiger partial charge in [-0.1, -0.05) is 15.9 Å². The number of carbonyl (C=O) groups is 1. The van der Waals surface area contributed by atoms with E-state index in [1.807, 2.05) is 0 Å². The number of hydrogen-bond acceptors (Lipinski definition) is 3. The van der Waals surface area contributed by atoms with Gasteiger partial charge in [-0.3, -0.25) is 0 Å². The van der Waals surface area contributed by atoms with Crippen LogP contribution in [-0.2, 0) is 4.74 Å². The number of ether oxygens (including phenoxy) is 1. The summed E-state index contributed by atoms with van der Waals surface area (Å²) in [5.74, 6) is -0.461. The summed E-state index contributed by atoms with van der Waals surface area (Å²) in [6.07, 6.45) is 0. The van der Waals surface area contributed by atoms with Crippen LogP contribution in [0.25, 0.3) is 0 Å². The first kappa shape index (κ1) is 16.9. The van der Waals surface area contributed by atoms with Crippen molar-refractivity contribution < 1.29 is 19.0 Å². The highest BCUT2D eigenvalue weighted by atomic mass is 79.9. The smallest absolute Gasteiger partial charge is 0.321 e. The molecule has 112 valence electrons. The molecule has 2 N–H and O–H groups in total. The Labute approximate surface area is 125 Å². The van der Waals surface area contributed by atoms with Crippen LogP contribution in [0.3, 0.4) is 0 Å². The number of nitrogens with one attached hydrogen (secondary N) is 1. The van der Waals surface area contributed by atoms with Crippen LogP contribution in [0.4, 0.5) is 14.9 Å². The zero-order chi connectivity index (χ0) is 15.1. The molecule has 7 heteroatoms. The first-order valence-corrected chi connectivity index (χ1v) is 6.92. The lowest BCUT2D eigenvalue weighted by atomic mass is 10.2. The van der Waals surface area contributed by atoms with Crippen molar-refractivity contribution in [3.05, 3.63) is 28.0 Å². The molecule has 0 unspecified atom stereocenters. The van der Waals surface area contributed by atoms with Crippen LogP contribution in [-0.4, -0.2) is 49.5 Å². The van der Waals surface area contributed by atoms with Crippen molar-refractivity contribution in [2.24, 2.45) is 0 Å². The van der Waals surface area contributed by atoms with Crippen LogP contribution < -0.4 is 5.32 Å². The molecule has 1 aromatic rings. The zero-order valence-electron chi connectivity index (χ0n) is 11.4. The summed E-state index contributed by atoms with van der Waals surface area (Å²) >= 11 is 3.22. The number of halogens is 2. The molecule has 2 amide bonds. The molecule has 0 heterocycles. The number of aliphatic hydroxyl groups is 1. The van der Waals surface area contributed by atoms with Gasteiger partial charge in [-0.2, -0.15) is 0 Å². The molecule has 5 nitrogen and oxygen atoms in total. The van der Waals surface area contributed by atoms with E-state index in [1.54, 1.807) is 20.0 Å². The van der Waals surface area contributed by atoms with Gasteiger partial charge in [0.1, 0.15) is 0 Å². The number of rotatable bonds is 6. The van der Waals surface area contributed by atoms with Crippen molar-refractivity contribution in [1.82, 2.24) is 4.90 Å². The molecular formula is C13H18BrFN2O3. The molecule has 0 bridgehead atoms. The van der Waals surface area contributed by atoms with E-state index in [-0.39, 0.29) is 18.9 Å². The Morgan fingerprint density at radius 1 is 1.50 bits per heavy atom. The van der Waals surface area contributed by atoms with E-state index in [4.69, 9.17) is 9.84 Å². The van der Waals surface area contributed by atoms with Crippen molar-refractivity contribution >= 4 is 27.6 Å². The van der Waals surface area contributed by atoms with Gasteiger partial charge in [0.25, 0.3) is 0 Å². The van der Waals surface area contributed by atoms with E-state index >= 15 is 0 Å². The van der Waals surface area contributed by atoms with Crippen LogP contribution in [0.1, 0.15) is 5.56 Å². The number of likely N-dealkylation sites (N-methyl/N-ethyl adjacent to an activating group) is 1. The SMILES string of the molecule is Cc1c(Br)ccc(NC(=O)N(C)CCOCCO)c1F. The second-order valence-electron chi connectivity index (χ2n) is 4.22. The minimum atomic E-state index is -0.461. The van der Waals surface area contributed by atoms with E-state index < -0.39 is 11.8 Å². The summed E-state index contributed by atoms with van der Waals surface area (Å²) in [5, 5.41) is 11.1. The van der Waals surface area contributed by atoms with E-state index in [0.29, 0.717) is 23.2 Å². The molecule has 0 atom stereocenters. The molecule has 0 saturated carbocycles. The number of aliphatic hydroxyl groups excluding tert-OH is 1. The topological polar surface area (TPSA) is 61.8 Å². The molecule has 0 aliphatic rings. The third-order valence-corrected chi connectivity index (χ3v) is 3.57. The lowest BCUT2D eigenvalue weighted by molar-refractivity contribution is 0.0833. The first-order valence-electron chi connectivity index (χ1n) is 6.12. The normalized spacial score (nSPS) is 10.4. The number of benzene rings is 1. The van der Waals surface area contributed by atoms with Crippen LogP contribution >= 0.6 is 15.9 Å². The third-order valence-electron chi connectivity index (χ3n) is 2.72. The van der Waals surface area contributed by atoms with Gasteiger partial charge in [0, 0.05) is 23.6 Å². The van der Waals surface area contributed by atoms with Crippen LogP contribution in [0.15, 0.2) is 16.6 Å². The first-order chi connectivity index (χ1) is 9.47. The van der Waals surface area contributed by atoms with E-state index in [9.17, 15) is 9.18 Å². The monoisotopic (exact) mass is 348 g/mol. The Morgan fingerprint density at radius 2 is 2.20 bits per heavy atom. The van der Waals surface area contributed by atoms with Gasteiger partial charge < -0.3 is 20.1 Å². The van der Waals surface area contributed by atoms with Crippen molar-refractivity contribution in [3.8, 4) is 0 Å². The molecule has 20 heavy (non-hydrogen) atoms. The van der Waals surface area contributed by atoms with Gasteiger partial charge >= 0.3 is 6.03 Å². The van der Waals surface area contributed by atoms with Crippen LogP contribution in [0.5, 0.6) is 0 Å². The Bertz CT molecular complexity index is 471. The average molecular weight is 349 g/mol. The van der Waals surface area contributed by atoms with Crippen molar-refractivity contribution in [2.75, 3.05) is 38.7 Å². The maximum Gasteiger partial charge on any atom is 0.321 e. The van der Waals surface area contributed by atoms with Gasteiger partial charge in [-0.15, -0.1) is 0 Å². The minimum Gasteiger partial charge on any atom is -0.394 e. The lowest BCUT2D eigenvalue weighted by Gasteiger charge is -2.18. The van der Waals surface area contributed by atoms with Gasteiger partial charge in [0.05, 0.1) is 25.5 Å². The molecule has 0 aliphatic heterocycles. The van der Waals surface area contributed by atoms with E-state index in [0.717, 1.165) is 0 Å². The van der Waals surface area contributed by atoms with Crippen molar-refractivity contribution in [3.63, 3.8) is 0 Å². The summed E-state index contributed by atoms with van der Waals surface area (Å²) in [5.41, 5.74) is 0.579. The van der Waals surface area contributed by atoms with Gasteiger partial charge in [0.15, 0.2) is 5.82 Å². The maximum atomic E-state index is 13.9. The van der Waals surface area contributed by atoms with E-state index in [2.05, 4.69) is 21.2 Å². The Hall–Kier alpha value is -1.18. The number of nitrogens with zero attached hydrogens (tertiary/aromatic N) is 1. The molecule has 0 saturated heterocycles. The predicted molar refractivity (Wildman–Crippen MR) is 78.4 cm³/mol. The third kappa shape index (κ3) is 4.73. The number of urea groups is 1. The van der Waals surface area contributed by atoms with Crippen molar-refractivity contribution in [2.45, 2.75) is 6.92 Å². The summed E-state index contributed by atoms with van der Waals surface area (Å²) in [4.78, 5) is 13.2. The quantitative estimate of drug-likeness (QED) is 0.776. The highest BCUT2D eigenvalue weighted by molar-refractivity contribution is 9.10. The number of anilines is 1. The minimum absolute atomic E-state index is 0.0563. The highest BCUT2D eigenvalue weighted by Gasteiger charge is 2.13. The van der Waals surface area contributed by atoms with Crippen LogP contribution in [0, 0.1) is 12.7 Å². The van der Waals surface area contributed by atoms with Gasteiger partial charge in [-0.05, 0) is 19.1 Å². The lowest BCUT2D eigenvalue weighted by Crippen LogP contribution is -2.34. The molecule has 0 spiro atoms. The number of hydrogen-bond donors (Lipinski definition) is 2. The Kier molecular flexibility index (Phi) is 6.90. The predicted octanol–water partition coefficient (Wildman–Crippen LogP) is 2.37. The Balaban J connectivity index is 2.55. The molecular weight excluding hydrogens is 331 g/mol. The van der Waals surface area contributed by atoms with Crippen LogP contribution in [0.2, 0.25) is 0 Å². The van der Waals surface area contributed by atoms with Gasteiger partial charge in [0.2, 0.25) is 0 Å². The molecule has 0 fully saturated rings. The summed E-state index contributed by atoms with van der Waals surface area (Å²) in [7, 11) is 1.58.